The molecule has 3 aliphatic rings. The van der Waals surface area contributed by atoms with Gasteiger partial charge in [0.25, 0.3) is 0 Å². The maximum Gasteiger partial charge on any atom is 0.151 e. The molecular formula is C18H31NO5. The van der Waals surface area contributed by atoms with Gasteiger partial charge in [0.1, 0.15) is 12.6 Å². The van der Waals surface area contributed by atoms with E-state index in [1.54, 1.807) is 13.8 Å². The molecule has 8 unspecified atom stereocenters. The minimum atomic E-state index is -1.17. The number of nitrogens with one attached hydrogen (secondary N) is 1. The van der Waals surface area contributed by atoms with Gasteiger partial charge in [0.2, 0.25) is 0 Å². The Hall–Kier alpha value is -0.690. The highest BCUT2D eigenvalue weighted by Crippen LogP contribution is 2.47. The number of hydrogen-bond donors (Lipinski definition) is 3. The zero-order chi connectivity index (χ0) is 17.6. The summed E-state index contributed by atoms with van der Waals surface area (Å²) in [6.07, 6.45) is 4.08. The standard InChI is InChI=1S/C18H31NO5/c1-10-6-11-4-5-12-7-15(18(2,3)23)24-16(12)13(11)8-19(10)14(9-20)17(21)22/h10-16,20,23H,4-9H2,1-3H3,(H,21,22). The van der Waals surface area contributed by atoms with Crippen LogP contribution in [0.4, 0.5) is 0 Å². The zero-order valence-corrected chi connectivity index (χ0v) is 14.9. The largest absolute Gasteiger partial charge is 0.544 e. The second-order valence-electron chi connectivity index (χ2n) is 8.71. The maximum atomic E-state index is 11.4. The van der Waals surface area contributed by atoms with E-state index in [2.05, 4.69) is 6.92 Å². The Morgan fingerprint density at radius 2 is 2.00 bits per heavy atom. The molecule has 24 heavy (non-hydrogen) atoms. The van der Waals surface area contributed by atoms with Crippen LogP contribution in [-0.4, -0.2) is 59.2 Å². The predicted octanol–water partition coefficient (Wildman–Crippen LogP) is -1.65. The highest BCUT2D eigenvalue weighted by molar-refractivity contribution is 5.69. The summed E-state index contributed by atoms with van der Waals surface area (Å²) < 4.78 is 6.27. The summed E-state index contributed by atoms with van der Waals surface area (Å²) in [4.78, 5) is 12.3. The molecule has 3 fully saturated rings. The van der Waals surface area contributed by atoms with Crippen molar-refractivity contribution in [3.8, 4) is 0 Å². The lowest BCUT2D eigenvalue weighted by Crippen LogP contribution is -3.22. The van der Waals surface area contributed by atoms with Gasteiger partial charge in [-0.3, -0.25) is 0 Å². The van der Waals surface area contributed by atoms with E-state index in [9.17, 15) is 20.1 Å². The molecule has 6 nitrogen and oxygen atoms in total. The van der Waals surface area contributed by atoms with Crippen LogP contribution in [0.15, 0.2) is 0 Å². The van der Waals surface area contributed by atoms with E-state index in [-0.39, 0.29) is 24.9 Å². The molecule has 2 aliphatic heterocycles. The summed E-state index contributed by atoms with van der Waals surface area (Å²) in [6.45, 7) is 5.97. The Labute approximate surface area is 143 Å². The van der Waals surface area contributed by atoms with Gasteiger partial charge >= 0.3 is 0 Å². The van der Waals surface area contributed by atoms with Gasteiger partial charge in [-0.2, -0.15) is 0 Å². The summed E-state index contributed by atoms with van der Waals surface area (Å²) in [7, 11) is 0. The lowest BCUT2D eigenvalue weighted by Gasteiger charge is -2.48. The number of carbonyl (C=O) groups excluding carboxylic acids is 1. The van der Waals surface area contributed by atoms with Gasteiger partial charge in [0.15, 0.2) is 6.04 Å². The third-order valence-corrected chi connectivity index (χ3v) is 6.70. The molecule has 0 bridgehead atoms. The summed E-state index contributed by atoms with van der Waals surface area (Å²) in [5.74, 6) is 0.127. The number of piperidine rings is 1. The van der Waals surface area contributed by atoms with Crippen LogP contribution in [0.5, 0.6) is 0 Å². The van der Waals surface area contributed by atoms with Crippen molar-refractivity contribution in [2.75, 3.05) is 13.2 Å². The lowest BCUT2D eigenvalue weighted by atomic mass is 9.67. The van der Waals surface area contributed by atoms with Gasteiger partial charge in [-0.25, -0.2) is 0 Å². The number of hydrogen-bond acceptors (Lipinski definition) is 5. The van der Waals surface area contributed by atoms with E-state index in [0.29, 0.717) is 24.3 Å². The fraction of sp³-hybridized carbons (Fsp3) is 0.944. The van der Waals surface area contributed by atoms with Crippen LogP contribution in [0.1, 0.15) is 46.5 Å². The summed E-state index contributed by atoms with van der Waals surface area (Å²) in [6, 6.07) is -0.669. The Morgan fingerprint density at radius 1 is 1.33 bits per heavy atom. The van der Waals surface area contributed by atoms with Crippen molar-refractivity contribution in [3.05, 3.63) is 0 Å². The van der Waals surface area contributed by atoms with E-state index in [1.807, 2.05) is 0 Å². The zero-order valence-electron chi connectivity index (χ0n) is 14.9. The molecule has 3 rings (SSSR count). The number of carboxylic acids is 1. The molecule has 0 aromatic rings. The molecule has 0 aromatic heterocycles. The summed E-state index contributed by atoms with van der Waals surface area (Å²) >= 11 is 0. The van der Waals surface area contributed by atoms with Crippen LogP contribution in [0.25, 0.3) is 0 Å². The van der Waals surface area contributed by atoms with E-state index in [1.165, 1.54) is 0 Å². The topological polar surface area (TPSA) is 94.3 Å². The van der Waals surface area contributed by atoms with E-state index < -0.39 is 17.6 Å². The van der Waals surface area contributed by atoms with Crippen molar-refractivity contribution < 1.29 is 29.8 Å². The van der Waals surface area contributed by atoms with Crippen LogP contribution >= 0.6 is 0 Å². The number of quaternary nitrogens is 1. The molecular weight excluding hydrogens is 310 g/mol. The van der Waals surface area contributed by atoms with Crippen LogP contribution in [0.3, 0.4) is 0 Å². The number of carboxylic acid groups (broad SMARTS) is 1. The molecule has 1 saturated carbocycles. The second-order valence-corrected chi connectivity index (χ2v) is 8.71. The second kappa shape index (κ2) is 6.56. The van der Waals surface area contributed by atoms with Crippen molar-refractivity contribution in [1.82, 2.24) is 0 Å². The first kappa shape index (κ1) is 18.1. The number of aliphatic hydroxyl groups excluding tert-OH is 1. The molecule has 0 aromatic carbocycles. The molecule has 138 valence electrons. The summed E-state index contributed by atoms with van der Waals surface area (Å²) in [5, 5.41) is 31.2. The molecule has 0 spiro atoms. The van der Waals surface area contributed by atoms with Gasteiger partial charge in [0.05, 0.1) is 30.4 Å². The van der Waals surface area contributed by atoms with Crippen molar-refractivity contribution in [2.45, 2.75) is 76.3 Å². The molecule has 0 radical (unpaired) electrons. The normalized spacial score (nSPS) is 43.8. The number of aliphatic hydroxyl groups is 2. The van der Waals surface area contributed by atoms with Crippen LogP contribution in [0, 0.1) is 17.8 Å². The van der Waals surface area contributed by atoms with Crippen molar-refractivity contribution in [1.29, 1.82) is 0 Å². The third kappa shape index (κ3) is 3.21. The number of fused-ring (bicyclic) bond motifs is 3. The van der Waals surface area contributed by atoms with Gasteiger partial charge in [0, 0.05) is 12.3 Å². The number of likely N-dealkylation sites (tertiary alicyclic amines) is 1. The fourth-order valence-electron chi connectivity index (χ4n) is 5.35. The molecule has 0 amide bonds. The quantitative estimate of drug-likeness (QED) is 0.569. The minimum absolute atomic E-state index is 0.101. The van der Waals surface area contributed by atoms with Crippen molar-refractivity contribution in [2.24, 2.45) is 17.8 Å². The monoisotopic (exact) mass is 341 g/mol. The van der Waals surface area contributed by atoms with Gasteiger partial charge in [-0.1, -0.05) is 0 Å². The van der Waals surface area contributed by atoms with E-state index >= 15 is 0 Å². The first-order valence-electron chi connectivity index (χ1n) is 9.27. The van der Waals surface area contributed by atoms with Crippen LogP contribution in [0.2, 0.25) is 0 Å². The average Bonchev–Trinajstić information content (AvgIpc) is 2.92. The Kier molecular flexibility index (Phi) is 4.95. The summed E-state index contributed by atoms with van der Waals surface area (Å²) in [5.41, 5.74) is -0.847. The number of carbonyl (C=O) groups is 1. The molecule has 2 saturated heterocycles. The molecule has 2 heterocycles. The number of ether oxygens (including phenoxy) is 1. The molecule has 1 aliphatic carbocycles. The molecule has 6 heteroatoms. The van der Waals surface area contributed by atoms with E-state index in [4.69, 9.17) is 4.74 Å². The fourth-order valence-corrected chi connectivity index (χ4v) is 5.35. The molecule has 3 N–H and O–H groups in total. The Morgan fingerprint density at radius 3 is 2.58 bits per heavy atom. The SMILES string of the molecule is CC1CC2CCC3CC(C(C)(C)O)OC3C2C[NH+]1C(CO)C(=O)[O-]. The van der Waals surface area contributed by atoms with Crippen LogP contribution < -0.4 is 10.0 Å². The first-order valence-corrected chi connectivity index (χ1v) is 9.27. The predicted molar refractivity (Wildman–Crippen MR) is 85.1 cm³/mol. The smallest absolute Gasteiger partial charge is 0.151 e. The highest BCUT2D eigenvalue weighted by Gasteiger charge is 2.53. The first-order chi connectivity index (χ1) is 11.2. The Balaban J connectivity index is 1.77. The van der Waals surface area contributed by atoms with Crippen molar-refractivity contribution >= 4 is 5.97 Å². The highest BCUT2D eigenvalue weighted by atomic mass is 16.5. The Bertz CT molecular complexity index is 477. The van der Waals surface area contributed by atoms with Gasteiger partial charge in [-0.05, 0) is 51.9 Å². The van der Waals surface area contributed by atoms with Gasteiger partial charge < -0.3 is 29.8 Å². The van der Waals surface area contributed by atoms with Crippen molar-refractivity contribution in [3.63, 3.8) is 0 Å². The molecule has 8 atom stereocenters. The van der Waals surface area contributed by atoms with E-state index in [0.717, 1.165) is 30.6 Å². The average molecular weight is 341 g/mol. The van der Waals surface area contributed by atoms with Crippen LogP contribution in [-0.2, 0) is 9.53 Å². The number of rotatable bonds is 4. The number of aliphatic carboxylic acids is 1. The third-order valence-electron chi connectivity index (χ3n) is 6.70. The minimum Gasteiger partial charge on any atom is -0.544 e. The van der Waals surface area contributed by atoms with Gasteiger partial charge in [-0.15, -0.1) is 0 Å². The maximum absolute atomic E-state index is 11.4. The lowest BCUT2D eigenvalue weighted by molar-refractivity contribution is -0.952.